The second kappa shape index (κ2) is 7.56. The summed E-state index contributed by atoms with van der Waals surface area (Å²) in [4.78, 5) is 26.0. The predicted octanol–water partition coefficient (Wildman–Crippen LogP) is 5.07. The van der Waals surface area contributed by atoms with Gasteiger partial charge in [-0.25, -0.2) is 0 Å². The number of allylic oxidation sites excluding steroid dienone is 2. The van der Waals surface area contributed by atoms with Crippen LogP contribution in [0.4, 0.5) is 0 Å². The van der Waals surface area contributed by atoms with E-state index in [1.807, 2.05) is 42.5 Å². The molecule has 2 aromatic rings. The second-order valence-corrected chi connectivity index (χ2v) is 10.2. The summed E-state index contributed by atoms with van der Waals surface area (Å²) in [5.41, 5.74) is 1.67. The standard InChI is InChI=1S/C25H20BrClN2O3/c26-19-9-13(5-8-21(19)32-12-14-3-1-2-4-20(14)27)11-28-29-24(30)22-15-6-7-16(18-10-17(15)18)23(22)25(29)31/h1-9,11,15-18,22-23H,10,12H2/t15-,16-,17-,18+,22-,23+/m0/s1. The molecule has 0 radical (unpaired) electrons. The molecule has 2 amide bonds. The number of ether oxygens (including phenoxy) is 1. The van der Waals surface area contributed by atoms with Crippen molar-refractivity contribution >= 4 is 45.6 Å². The monoisotopic (exact) mass is 510 g/mol. The molecular weight excluding hydrogens is 492 g/mol. The number of hydrogen-bond donors (Lipinski definition) is 0. The minimum atomic E-state index is -0.231. The Bertz CT molecular complexity index is 1160. The molecule has 5 nitrogen and oxygen atoms in total. The number of carbonyl (C=O) groups is 2. The molecule has 2 saturated carbocycles. The molecule has 1 saturated heterocycles. The lowest BCUT2D eigenvalue weighted by atomic mass is 9.63. The van der Waals surface area contributed by atoms with Gasteiger partial charge in [-0.15, -0.1) is 0 Å². The minimum absolute atomic E-state index is 0.153. The maximum Gasteiger partial charge on any atom is 0.254 e. The van der Waals surface area contributed by atoms with E-state index >= 15 is 0 Å². The average molecular weight is 512 g/mol. The Morgan fingerprint density at radius 3 is 2.41 bits per heavy atom. The maximum absolute atomic E-state index is 13.0. The van der Waals surface area contributed by atoms with E-state index in [1.165, 1.54) is 0 Å². The summed E-state index contributed by atoms with van der Waals surface area (Å²) < 4.78 is 6.63. The van der Waals surface area contributed by atoms with Crippen molar-refractivity contribution in [2.24, 2.45) is 40.6 Å². The van der Waals surface area contributed by atoms with Crippen molar-refractivity contribution in [2.45, 2.75) is 13.0 Å². The first-order valence-corrected chi connectivity index (χ1v) is 12.0. The van der Waals surface area contributed by atoms with Crippen LogP contribution in [0.3, 0.4) is 0 Å². The Morgan fingerprint density at radius 1 is 1.06 bits per heavy atom. The molecule has 5 aliphatic rings. The summed E-state index contributed by atoms with van der Waals surface area (Å²) in [6.45, 7) is 0.351. The lowest BCUT2D eigenvalue weighted by molar-refractivity contribution is -0.140. The van der Waals surface area contributed by atoms with Gasteiger partial charge in [-0.05, 0) is 75.9 Å². The second-order valence-electron chi connectivity index (χ2n) is 8.96. The highest BCUT2D eigenvalue weighted by Gasteiger charge is 2.67. The maximum atomic E-state index is 13.0. The van der Waals surface area contributed by atoms with Crippen LogP contribution in [-0.2, 0) is 16.2 Å². The van der Waals surface area contributed by atoms with Crippen molar-refractivity contribution in [3.05, 3.63) is 75.2 Å². The highest BCUT2D eigenvalue weighted by atomic mass is 79.9. The molecule has 2 bridgehead atoms. The molecule has 0 N–H and O–H groups in total. The van der Waals surface area contributed by atoms with Gasteiger partial charge in [0.15, 0.2) is 0 Å². The normalized spacial score (nSPS) is 31.9. The average Bonchev–Trinajstić information content (AvgIpc) is 3.57. The van der Waals surface area contributed by atoms with Gasteiger partial charge in [0.25, 0.3) is 11.8 Å². The summed E-state index contributed by atoms with van der Waals surface area (Å²) in [5, 5.41) is 6.06. The van der Waals surface area contributed by atoms with E-state index in [1.54, 1.807) is 6.21 Å². The predicted molar refractivity (Wildman–Crippen MR) is 124 cm³/mol. The Hall–Kier alpha value is -2.44. The van der Waals surface area contributed by atoms with Crippen LogP contribution in [0.15, 0.2) is 64.2 Å². The molecule has 0 spiro atoms. The zero-order valence-corrected chi connectivity index (χ0v) is 19.4. The SMILES string of the molecule is O=C1[C@@H]2[C@H]3C=C[C@@H]([C@@H]4C[C@H]34)[C@@H]2C(=O)N1N=Cc1ccc(OCc2ccccc2Cl)c(Br)c1. The van der Waals surface area contributed by atoms with Gasteiger partial charge in [0, 0.05) is 10.6 Å². The molecule has 1 heterocycles. The Balaban J connectivity index is 1.16. The summed E-state index contributed by atoms with van der Waals surface area (Å²) >= 11 is 9.71. The van der Waals surface area contributed by atoms with Crippen LogP contribution >= 0.6 is 27.5 Å². The van der Waals surface area contributed by atoms with Crippen LogP contribution in [0, 0.1) is 35.5 Å². The first-order chi connectivity index (χ1) is 15.5. The number of hydrazone groups is 1. The fraction of sp³-hybridized carbons (Fsp3) is 0.320. The van der Waals surface area contributed by atoms with Crippen LogP contribution in [0.2, 0.25) is 5.02 Å². The first kappa shape index (κ1) is 20.2. The fourth-order valence-electron chi connectivity index (χ4n) is 5.66. The number of rotatable bonds is 5. The summed E-state index contributed by atoms with van der Waals surface area (Å²) in [6.07, 6.45) is 7.04. The van der Waals surface area contributed by atoms with E-state index in [4.69, 9.17) is 16.3 Å². The number of hydrogen-bond acceptors (Lipinski definition) is 4. The van der Waals surface area contributed by atoms with Gasteiger partial charge in [-0.3, -0.25) is 9.59 Å². The molecule has 162 valence electrons. The third kappa shape index (κ3) is 3.15. The third-order valence-corrected chi connectivity index (χ3v) is 8.25. The number of amides is 2. The van der Waals surface area contributed by atoms with Crippen LogP contribution in [-0.4, -0.2) is 23.0 Å². The lowest BCUT2D eigenvalue weighted by Gasteiger charge is -2.37. The lowest BCUT2D eigenvalue weighted by Crippen LogP contribution is -2.40. The Morgan fingerprint density at radius 2 is 1.75 bits per heavy atom. The molecule has 7 rings (SSSR count). The first-order valence-electron chi connectivity index (χ1n) is 10.8. The van der Waals surface area contributed by atoms with Crippen LogP contribution in [0.1, 0.15) is 17.5 Å². The molecule has 1 aliphatic heterocycles. The van der Waals surface area contributed by atoms with Crippen LogP contribution < -0.4 is 4.74 Å². The molecule has 7 heteroatoms. The largest absolute Gasteiger partial charge is 0.488 e. The van der Waals surface area contributed by atoms with Crippen molar-refractivity contribution in [3.63, 3.8) is 0 Å². The van der Waals surface area contributed by atoms with E-state index < -0.39 is 0 Å². The number of halogens is 2. The number of carbonyl (C=O) groups excluding carboxylic acids is 2. The smallest absolute Gasteiger partial charge is 0.254 e. The molecule has 4 aliphatic carbocycles. The van der Waals surface area contributed by atoms with E-state index in [0.29, 0.717) is 29.2 Å². The van der Waals surface area contributed by atoms with Crippen LogP contribution in [0.5, 0.6) is 5.75 Å². The molecule has 2 aromatic carbocycles. The van der Waals surface area contributed by atoms with Crippen LogP contribution in [0.25, 0.3) is 0 Å². The van der Waals surface area contributed by atoms with Gasteiger partial charge in [-0.1, -0.05) is 42.0 Å². The third-order valence-electron chi connectivity index (χ3n) is 7.26. The Kier molecular flexibility index (Phi) is 4.77. The van der Waals surface area contributed by atoms with E-state index in [9.17, 15) is 9.59 Å². The highest BCUT2D eigenvalue weighted by molar-refractivity contribution is 9.10. The highest BCUT2D eigenvalue weighted by Crippen LogP contribution is 2.65. The zero-order valence-electron chi connectivity index (χ0n) is 17.0. The van der Waals surface area contributed by atoms with Gasteiger partial charge in [-0.2, -0.15) is 10.1 Å². The van der Waals surface area contributed by atoms with Crippen molar-refractivity contribution in [1.82, 2.24) is 5.01 Å². The van der Waals surface area contributed by atoms with Crippen molar-refractivity contribution < 1.29 is 14.3 Å². The molecule has 3 fully saturated rings. The van der Waals surface area contributed by atoms with E-state index in [0.717, 1.165) is 27.0 Å². The zero-order chi connectivity index (χ0) is 22.0. The molecule has 0 aromatic heterocycles. The Labute approximate surface area is 199 Å². The number of imide groups is 1. The van der Waals surface area contributed by atoms with E-state index in [2.05, 4.69) is 33.2 Å². The quantitative estimate of drug-likeness (QED) is 0.320. The summed E-state index contributed by atoms with van der Waals surface area (Å²) in [7, 11) is 0. The summed E-state index contributed by atoms with van der Waals surface area (Å²) in [5.74, 6) is 1.48. The van der Waals surface area contributed by atoms with Gasteiger partial charge in [0.05, 0.1) is 22.5 Å². The van der Waals surface area contributed by atoms with Gasteiger partial charge >= 0.3 is 0 Å². The van der Waals surface area contributed by atoms with Crippen molar-refractivity contribution in [3.8, 4) is 5.75 Å². The van der Waals surface area contributed by atoms with Gasteiger partial charge in [0.1, 0.15) is 12.4 Å². The minimum Gasteiger partial charge on any atom is -0.488 e. The number of nitrogens with zero attached hydrogens (tertiary/aromatic N) is 2. The molecule has 6 atom stereocenters. The molecule has 0 unspecified atom stereocenters. The van der Waals surface area contributed by atoms with Crippen molar-refractivity contribution in [1.29, 1.82) is 0 Å². The molecule has 32 heavy (non-hydrogen) atoms. The summed E-state index contributed by atoms with van der Waals surface area (Å²) in [6, 6.07) is 13.1. The number of benzene rings is 2. The van der Waals surface area contributed by atoms with Gasteiger partial charge in [0.2, 0.25) is 0 Å². The fourth-order valence-corrected chi connectivity index (χ4v) is 6.37. The topological polar surface area (TPSA) is 59.0 Å². The molecular formula is C25H20BrClN2O3. The van der Waals surface area contributed by atoms with E-state index in [-0.39, 0.29) is 35.5 Å². The van der Waals surface area contributed by atoms with Gasteiger partial charge < -0.3 is 4.74 Å². The van der Waals surface area contributed by atoms with Crippen molar-refractivity contribution in [2.75, 3.05) is 0 Å².